The Bertz CT molecular complexity index is 487. The van der Waals surface area contributed by atoms with E-state index in [0.717, 1.165) is 12.8 Å². The van der Waals surface area contributed by atoms with Crippen molar-refractivity contribution in [1.82, 2.24) is 10.3 Å². The fourth-order valence-corrected chi connectivity index (χ4v) is 2.20. The number of carbonyl (C=O) groups excluding carboxylic acids is 1. The lowest BCUT2D eigenvalue weighted by molar-refractivity contribution is 0.0421. The molecule has 20 heavy (non-hydrogen) atoms. The van der Waals surface area contributed by atoms with Crippen molar-refractivity contribution in [3.05, 3.63) is 23.6 Å². The summed E-state index contributed by atoms with van der Waals surface area (Å²) in [6, 6.07) is 1.40. The van der Waals surface area contributed by atoms with Crippen LogP contribution in [0.2, 0.25) is 0 Å². The molecular weight excluding hydrogens is 261 g/mol. The Balaban J connectivity index is 2.14. The van der Waals surface area contributed by atoms with E-state index in [1.54, 1.807) is 0 Å². The van der Waals surface area contributed by atoms with Gasteiger partial charge in [0.2, 0.25) is 0 Å². The molecule has 1 aromatic rings. The van der Waals surface area contributed by atoms with Crippen LogP contribution in [0.5, 0.6) is 0 Å². The molecular formula is C14H20FN3O2. The topological polar surface area (TPSA) is 63.2 Å². The number of nitrogens with one attached hydrogen (secondary N) is 2. The van der Waals surface area contributed by atoms with Crippen LogP contribution in [0.25, 0.3) is 0 Å². The fourth-order valence-electron chi connectivity index (χ4n) is 2.20. The summed E-state index contributed by atoms with van der Waals surface area (Å²) in [5.41, 5.74) is -0.327. The third-order valence-electron chi connectivity index (χ3n) is 3.49. The molecule has 110 valence electrons. The minimum atomic E-state index is -0.609. The maximum Gasteiger partial charge on any atom is 0.254 e. The number of anilines is 1. The molecule has 0 saturated carbocycles. The van der Waals surface area contributed by atoms with Gasteiger partial charge < -0.3 is 15.4 Å². The molecule has 2 heterocycles. The monoisotopic (exact) mass is 281 g/mol. The van der Waals surface area contributed by atoms with Crippen LogP contribution in [0.1, 0.15) is 37.0 Å². The zero-order chi connectivity index (χ0) is 14.6. The van der Waals surface area contributed by atoms with Crippen molar-refractivity contribution in [1.29, 1.82) is 0 Å². The van der Waals surface area contributed by atoms with Crippen LogP contribution in [-0.2, 0) is 4.74 Å². The molecule has 6 heteroatoms. The Morgan fingerprint density at radius 1 is 1.50 bits per heavy atom. The fraction of sp³-hybridized carbons (Fsp3) is 0.571. The van der Waals surface area contributed by atoms with Gasteiger partial charge in [-0.05, 0) is 32.8 Å². The van der Waals surface area contributed by atoms with Gasteiger partial charge in [0.1, 0.15) is 0 Å². The highest BCUT2D eigenvalue weighted by molar-refractivity contribution is 5.95. The van der Waals surface area contributed by atoms with E-state index in [1.807, 2.05) is 13.8 Å². The van der Waals surface area contributed by atoms with E-state index in [9.17, 15) is 9.18 Å². The van der Waals surface area contributed by atoms with Crippen LogP contribution < -0.4 is 10.6 Å². The lowest BCUT2D eigenvalue weighted by atomic mass is 9.92. The van der Waals surface area contributed by atoms with Crippen LogP contribution in [0.4, 0.5) is 10.2 Å². The molecule has 5 nitrogen and oxygen atoms in total. The molecule has 0 aromatic carbocycles. The smallest absolute Gasteiger partial charge is 0.254 e. The van der Waals surface area contributed by atoms with Crippen LogP contribution >= 0.6 is 0 Å². The number of hydrogen-bond acceptors (Lipinski definition) is 4. The van der Waals surface area contributed by atoms with Gasteiger partial charge in [-0.15, -0.1) is 0 Å². The molecule has 1 saturated heterocycles. The molecule has 1 aliphatic heterocycles. The first kappa shape index (κ1) is 14.7. The maximum absolute atomic E-state index is 14.2. The van der Waals surface area contributed by atoms with Gasteiger partial charge in [-0.3, -0.25) is 4.79 Å². The summed E-state index contributed by atoms with van der Waals surface area (Å²) in [5, 5.41) is 5.71. The highest BCUT2D eigenvalue weighted by Gasteiger charge is 2.30. The molecule has 0 radical (unpaired) electrons. The van der Waals surface area contributed by atoms with Gasteiger partial charge in [0.15, 0.2) is 11.6 Å². The predicted molar refractivity (Wildman–Crippen MR) is 74.3 cm³/mol. The van der Waals surface area contributed by atoms with Crippen molar-refractivity contribution in [3.8, 4) is 0 Å². The summed E-state index contributed by atoms with van der Waals surface area (Å²) in [4.78, 5) is 16.1. The lowest BCUT2D eigenvalue weighted by Crippen LogP contribution is -2.49. The molecule has 0 bridgehead atoms. The summed E-state index contributed by atoms with van der Waals surface area (Å²) < 4.78 is 19.5. The number of rotatable bonds is 4. The number of amides is 1. The SMILES string of the molecule is CCNc1nccc(C(=O)NC2(C)CCOCC2)c1F. The summed E-state index contributed by atoms with van der Waals surface area (Å²) in [5.74, 6) is -0.909. The maximum atomic E-state index is 14.2. The van der Waals surface area contributed by atoms with Crippen molar-refractivity contribution in [2.45, 2.75) is 32.2 Å². The second kappa shape index (κ2) is 6.17. The van der Waals surface area contributed by atoms with Gasteiger partial charge in [0.05, 0.1) is 5.56 Å². The molecule has 0 aliphatic carbocycles. The second-order valence-corrected chi connectivity index (χ2v) is 5.18. The number of pyridine rings is 1. The van der Waals surface area contributed by atoms with Crippen molar-refractivity contribution < 1.29 is 13.9 Å². The van der Waals surface area contributed by atoms with Gasteiger partial charge in [-0.1, -0.05) is 0 Å². The molecule has 2 rings (SSSR count). The third kappa shape index (κ3) is 3.25. The predicted octanol–water partition coefficient (Wildman–Crippen LogP) is 1.95. The van der Waals surface area contributed by atoms with Crippen LogP contribution in [0.3, 0.4) is 0 Å². The van der Waals surface area contributed by atoms with Crippen LogP contribution in [0.15, 0.2) is 12.3 Å². The van der Waals surface area contributed by atoms with Gasteiger partial charge in [0.25, 0.3) is 5.91 Å². The normalized spacial score (nSPS) is 17.6. The Labute approximate surface area is 117 Å². The first-order valence-electron chi connectivity index (χ1n) is 6.84. The first-order valence-corrected chi connectivity index (χ1v) is 6.84. The van der Waals surface area contributed by atoms with E-state index in [1.165, 1.54) is 12.3 Å². The van der Waals surface area contributed by atoms with Gasteiger partial charge >= 0.3 is 0 Å². The van der Waals surface area contributed by atoms with Crippen molar-refractivity contribution in [2.75, 3.05) is 25.1 Å². The number of carbonyl (C=O) groups is 1. The van der Waals surface area contributed by atoms with Crippen LogP contribution in [-0.4, -0.2) is 36.2 Å². The zero-order valence-corrected chi connectivity index (χ0v) is 11.8. The number of hydrogen-bond donors (Lipinski definition) is 2. The standard InChI is InChI=1S/C14H20FN3O2/c1-3-16-12-11(15)10(4-7-17-12)13(19)18-14(2)5-8-20-9-6-14/h4,7H,3,5-6,8-9H2,1-2H3,(H,16,17)(H,18,19). The van der Waals surface area contributed by atoms with E-state index >= 15 is 0 Å². The molecule has 1 fully saturated rings. The first-order chi connectivity index (χ1) is 9.56. The highest BCUT2D eigenvalue weighted by atomic mass is 19.1. The zero-order valence-electron chi connectivity index (χ0n) is 11.8. The number of ether oxygens (including phenoxy) is 1. The largest absolute Gasteiger partial charge is 0.381 e. The van der Waals surface area contributed by atoms with E-state index in [-0.39, 0.29) is 16.9 Å². The molecule has 0 spiro atoms. The van der Waals surface area contributed by atoms with Gasteiger partial charge in [-0.25, -0.2) is 9.37 Å². The minimum absolute atomic E-state index is 0.0173. The average molecular weight is 281 g/mol. The quantitative estimate of drug-likeness (QED) is 0.885. The summed E-state index contributed by atoms with van der Waals surface area (Å²) in [7, 11) is 0. The summed E-state index contributed by atoms with van der Waals surface area (Å²) in [6.45, 7) is 5.56. The van der Waals surface area contributed by atoms with Gasteiger partial charge in [-0.2, -0.15) is 0 Å². The number of halogens is 1. The Hall–Kier alpha value is -1.69. The van der Waals surface area contributed by atoms with Gasteiger partial charge in [0, 0.05) is 31.5 Å². The molecule has 2 N–H and O–H groups in total. The molecule has 1 aromatic heterocycles. The lowest BCUT2D eigenvalue weighted by Gasteiger charge is -2.34. The van der Waals surface area contributed by atoms with E-state index in [2.05, 4.69) is 15.6 Å². The minimum Gasteiger partial charge on any atom is -0.381 e. The molecule has 0 unspecified atom stereocenters. The molecule has 1 amide bonds. The van der Waals surface area contributed by atoms with E-state index in [4.69, 9.17) is 4.74 Å². The third-order valence-corrected chi connectivity index (χ3v) is 3.49. The van der Waals surface area contributed by atoms with Crippen molar-refractivity contribution in [3.63, 3.8) is 0 Å². The second-order valence-electron chi connectivity index (χ2n) is 5.18. The molecule has 0 atom stereocenters. The summed E-state index contributed by atoms with van der Waals surface area (Å²) >= 11 is 0. The Morgan fingerprint density at radius 2 is 2.20 bits per heavy atom. The Morgan fingerprint density at radius 3 is 2.85 bits per heavy atom. The van der Waals surface area contributed by atoms with E-state index < -0.39 is 11.7 Å². The number of nitrogens with zero attached hydrogens (tertiary/aromatic N) is 1. The van der Waals surface area contributed by atoms with Crippen molar-refractivity contribution >= 4 is 11.7 Å². The number of aromatic nitrogens is 1. The Kier molecular flexibility index (Phi) is 4.54. The summed E-state index contributed by atoms with van der Waals surface area (Å²) in [6.07, 6.45) is 2.89. The molecule has 1 aliphatic rings. The van der Waals surface area contributed by atoms with E-state index in [0.29, 0.717) is 19.8 Å². The van der Waals surface area contributed by atoms with Crippen LogP contribution in [0, 0.1) is 5.82 Å². The average Bonchev–Trinajstić information content (AvgIpc) is 2.41. The highest BCUT2D eigenvalue weighted by Crippen LogP contribution is 2.22. The van der Waals surface area contributed by atoms with Crippen molar-refractivity contribution in [2.24, 2.45) is 0 Å².